The zero-order valence-corrected chi connectivity index (χ0v) is 19.1. The Hall–Kier alpha value is -3.68. The quantitative estimate of drug-likeness (QED) is 0.311. The lowest BCUT2D eigenvalue weighted by Gasteiger charge is -2.11. The summed E-state index contributed by atoms with van der Waals surface area (Å²) in [4.78, 5) is 22.8. The van der Waals surface area contributed by atoms with E-state index in [1.165, 1.54) is 11.8 Å². The van der Waals surface area contributed by atoms with E-state index in [0.29, 0.717) is 27.9 Å². The van der Waals surface area contributed by atoms with Gasteiger partial charge < -0.3 is 5.32 Å². The molecule has 0 saturated carbocycles. The summed E-state index contributed by atoms with van der Waals surface area (Å²) in [6.07, 6.45) is 0. The fraction of sp³-hybridized carbons (Fsp3) is 0.0400. The zero-order valence-electron chi connectivity index (χ0n) is 17.6. The third kappa shape index (κ3) is 4.60. The van der Waals surface area contributed by atoms with Crippen molar-refractivity contribution >= 4 is 40.7 Å². The maximum atomic E-state index is 12.8. The lowest BCUT2D eigenvalue weighted by Crippen LogP contribution is -2.12. The summed E-state index contributed by atoms with van der Waals surface area (Å²) in [7, 11) is 0. The topological polar surface area (TPSA) is 72.2 Å². The molecule has 5 rings (SSSR count). The summed E-state index contributed by atoms with van der Waals surface area (Å²) in [5, 5.41) is 9.04. The molecular formula is C25H18ClN5OS. The van der Waals surface area contributed by atoms with Gasteiger partial charge in [-0.25, -0.2) is 4.98 Å². The molecule has 0 saturated heterocycles. The van der Waals surface area contributed by atoms with Gasteiger partial charge in [-0.1, -0.05) is 71.9 Å². The van der Waals surface area contributed by atoms with E-state index in [9.17, 15) is 4.79 Å². The number of aromatic nitrogens is 4. The summed E-state index contributed by atoms with van der Waals surface area (Å²) in [5.74, 6) is 0.906. The van der Waals surface area contributed by atoms with Gasteiger partial charge in [0.05, 0.1) is 5.69 Å². The molecule has 0 fully saturated rings. The number of hydrogen-bond acceptors (Lipinski definition) is 5. The highest BCUT2D eigenvalue weighted by atomic mass is 35.5. The number of halogens is 1. The molecule has 162 valence electrons. The molecule has 2 aromatic heterocycles. The van der Waals surface area contributed by atoms with E-state index in [1.54, 1.807) is 28.8 Å². The van der Waals surface area contributed by atoms with Crippen molar-refractivity contribution in [2.24, 2.45) is 0 Å². The molecular weight excluding hydrogens is 454 g/mol. The first-order valence-corrected chi connectivity index (χ1v) is 11.4. The molecule has 0 unspecified atom stereocenters. The summed E-state index contributed by atoms with van der Waals surface area (Å²) in [6.45, 7) is 1.92. The minimum absolute atomic E-state index is 0.228. The van der Waals surface area contributed by atoms with E-state index >= 15 is 0 Å². The van der Waals surface area contributed by atoms with Crippen molar-refractivity contribution in [1.29, 1.82) is 0 Å². The molecule has 8 heteroatoms. The van der Waals surface area contributed by atoms with E-state index in [2.05, 4.69) is 20.4 Å². The molecule has 0 aliphatic heterocycles. The average molecular weight is 472 g/mol. The van der Waals surface area contributed by atoms with Crippen LogP contribution in [-0.4, -0.2) is 25.5 Å². The summed E-state index contributed by atoms with van der Waals surface area (Å²) >= 11 is 7.53. The molecule has 1 amide bonds. The Balaban J connectivity index is 1.49. The number of anilines is 1. The SMILES string of the molecule is Cc1cc(Sc2ccccc2NC(=O)c2cccc(Cl)c2)n2nc(-c3ccccc3)nc2n1. The van der Waals surface area contributed by atoms with E-state index in [-0.39, 0.29) is 5.91 Å². The van der Waals surface area contributed by atoms with Crippen LogP contribution in [-0.2, 0) is 0 Å². The number of nitrogens with zero attached hydrogens (tertiary/aromatic N) is 4. The van der Waals surface area contributed by atoms with Gasteiger partial charge in [-0.05, 0) is 43.3 Å². The van der Waals surface area contributed by atoms with E-state index in [4.69, 9.17) is 11.6 Å². The normalized spacial score (nSPS) is 11.0. The highest BCUT2D eigenvalue weighted by Gasteiger charge is 2.15. The summed E-state index contributed by atoms with van der Waals surface area (Å²) in [6, 6.07) is 26.2. The first-order chi connectivity index (χ1) is 16.1. The molecule has 33 heavy (non-hydrogen) atoms. The Morgan fingerprint density at radius 2 is 1.73 bits per heavy atom. The second kappa shape index (κ2) is 9.05. The van der Waals surface area contributed by atoms with Crippen molar-refractivity contribution in [1.82, 2.24) is 19.6 Å². The average Bonchev–Trinajstić information content (AvgIpc) is 3.25. The van der Waals surface area contributed by atoms with Crippen molar-refractivity contribution in [2.75, 3.05) is 5.32 Å². The molecule has 0 radical (unpaired) electrons. The molecule has 1 N–H and O–H groups in total. The largest absolute Gasteiger partial charge is 0.321 e. The van der Waals surface area contributed by atoms with Crippen LogP contribution >= 0.6 is 23.4 Å². The van der Waals surface area contributed by atoms with Crippen LogP contribution < -0.4 is 5.32 Å². The van der Waals surface area contributed by atoms with Crippen LogP contribution in [0.3, 0.4) is 0 Å². The van der Waals surface area contributed by atoms with Crippen molar-refractivity contribution in [2.45, 2.75) is 16.8 Å². The second-order valence-electron chi connectivity index (χ2n) is 7.31. The van der Waals surface area contributed by atoms with Crippen LogP contribution in [0.5, 0.6) is 0 Å². The number of carbonyl (C=O) groups is 1. The van der Waals surface area contributed by atoms with E-state index in [0.717, 1.165) is 21.2 Å². The molecule has 0 aliphatic rings. The maximum absolute atomic E-state index is 12.8. The molecule has 6 nitrogen and oxygen atoms in total. The number of aryl methyl sites for hydroxylation is 1. The molecule has 0 spiro atoms. The van der Waals surface area contributed by atoms with Crippen LogP contribution in [0, 0.1) is 6.92 Å². The van der Waals surface area contributed by atoms with Gasteiger partial charge in [-0.15, -0.1) is 5.10 Å². The number of para-hydroxylation sites is 1. The van der Waals surface area contributed by atoms with Crippen LogP contribution in [0.25, 0.3) is 17.2 Å². The van der Waals surface area contributed by atoms with Crippen LogP contribution in [0.4, 0.5) is 5.69 Å². The molecule has 0 atom stereocenters. The summed E-state index contributed by atoms with van der Waals surface area (Å²) < 4.78 is 1.73. The third-order valence-corrected chi connectivity index (χ3v) is 6.19. The van der Waals surface area contributed by atoms with Gasteiger partial charge in [-0.2, -0.15) is 9.50 Å². The minimum atomic E-state index is -0.228. The van der Waals surface area contributed by atoms with E-state index < -0.39 is 0 Å². The minimum Gasteiger partial charge on any atom is -0.321 e. The standard InChI is InChI=1S/C25H18ClN5OS/c1-16-14-22(31-25(27-16)29-23(30-31)17-8-3-2-4-9-17)33-21-13-6-5-12-20(21)28-24(32)18-10-7-11-19(26)15-18/h2-15H,1H3,(H,28,32). The van der Waals surface area contributed by atoms with Crippen molar-refractivity contribution in [3.05, 3.63) is 101 Å². The number of rotatable bonds is 5. The lowest BCUT2D eigenvalue weighted by atomic mass is 10.2. The van der Waals surface area contributed by atoms with Crippen molar-refractivity contribution in [3.8, 4) is 11.4 Å². The van der Waals surface area contributed by atoms with Gasteiger partial charge in [0.1, 0.15) is 5.03 Å². The fourth-order valence-electron chi connectivity index (χ4n) is 3.33. The van der Waals surface area contributed by atoms with Gasteiger partial charge in [0, 0.05) is 26.7 Å². The predicted molar refractivity (Wildman–Crippen MR) is 131 cm³/mol. The summed E-state index contributed by atoms with van der Waals surface area (Å²) in [5.41, 5.74) is 2.94. The number of benzene rings is 3. The van der Waals surface area contributed by atoms with Crippen LogP contribution in [0.2, 0.25) is 5.02 Å². The van der Waals surface area contributed by atoms with Crippen molar-refractivity contribution < 1.29 is 4.79 Å². The second-order valence-corrected chi connectivity index (χ2v) is 8.81. The maximum Gasteiger partial charge on any atom is 0.255 e. The third-order valence-electron chi connectivity index (χ3n) is 4.88. The Labute approximate surface area is 199 Å². The predicted octanol–water partition coefficient (Wildman–Crippen LogP) is 6.16. The number of fused-ring (bicyclic) bond motifs is 1. The lowest BCUT2D eigenvalue weighted by molar-refractivity contribution is 0.102. The number of nitrogens with one attached hydrogen (secondary N) is 1. The van der Waals surface area contributed by atoms with Gasteiger partial charge in [0.15, 0.2) is 5.82 Å². The molecule has 3 aromatic carbocycles. The zero-order chi connectivity index (χ0) is 22.8. The fourth-order valence-corrected chi connectivity index (χ4v) is 4.56. The Morgan fingerprint density at radius 3 is 2.55 bits per heavy atom. The smallest absolute Gasteiger partial charge is 0.255 e. The van der Waals surface area contributed by atoms with Crippen LogP contribution in [0.1, 0.15) is 16.1 Å². The van der Waals surface area contributed by atoms with E-state index in [1.807, 2.05) is 67.6 Å². The van der Waals surface area contributed by atoms with Gasteiger partial charge in [0.25, 0.3) is 11.7 Å². The first kappa shape index (κ1) is 21.2. The Kier molecular flexibility index (Phi) is 5.81. The van der Waals surface area contributed by atoms with Gasteiger partial charge in [0.2, 0.25) is 0 Å². The highest BCUT2D eigenvalue weighted by Crippen LogP contribution is 2.34. The first-order valence-electron chi connectivity index (χ1n) is 10.2. The van der Waals surface area contributed by atoms with Gasteiger partial charge >= 0.3 is 0 Å². The Morgan fingerprint density at radius 1 is 0.939 bits per heavy atom. The number of amides is 1. The van der Waals surface area contributed by atoms with Crippen LogP contribution in [0.15, 0.2) is 94.9 Å². The number of hydrogen-bond donors (Lipinski definition) is 1. The number of carbonyl (C=O) groups excluding carboxylic acids is 1. The van der Waals surface area contributed by atoms with Gasteiger partial charge in [-0.3, -0.25) is 4.79 Å². The molecule has 0 aliphatic carbocycles. The Bertz CT molecular complexity index is 1470. The molecule has 0 bridgehead atoms. The molecule has 5 aromatic rings. The highest BCUT2D eigenvalue weighted by molar-refractivity contribution is 7.99. The monoisotopic (exact) mass is 471 g/mol. The van der Waals surface area contributed by atoms with Crippen molar-refractivity contribution in [3.63, 3.8) is 0 Å². The molecule has 2 heterocycles.